The van der Waals surface area contributed by atoms with Crippen LogP contribution in [0.4, 0.5) is 11.4 Å². The van der Waals surface area contributed by atoms with Crippen molar-refractivity contribution in [1.29, 1.82) is 10.5 Å². The Morgan fingerprint density at radius 3 is 1.34 bits per heavy atom. The molecule has 2 aromatic carbocycles. The molecule has 0 spiro atoms. The average molecular weight is 593 g/mol. The molecule has 44 heavy (non-hydrogen) atoms. The van der Waals surface area contributed by atoms with Crippen LogP contribution in [0, 0.1) is 42.9 Å². The van der Waals surface area contributed by atoms with Gasteiger partial charge in [0.05, 0.1) is 56.4 Å². The van der Waals surface area contributed by atoms with Crippen molar-refractivity contribution in [1.82, 2.24) is 10.0 Å². The molecular formula is C32H28N6O6. The van der Waals surface area contributed by atoms with Gasteiger partial charge in [-0.25, -0.2) is 0 Å². The molecule has 222 valence electrons. The van der Waals surface area contributed by atoms with E-state index in [1.54, 1.807) is 49.8 Å². The summed E-state index contributed by atoms with van der Waals surface area (Å²) in [6.07, 6.45) is 0. The second-order valence-electron chi connectivity index (χ2n) is 10.5. The van der Waals surface area contributed by atoms with E-state index >= 15 is 0 Å². The highest BCUT2D eigenvalue weighted by molar-refractivity contribution is 6.04. The molecular weight excluding hydrogens is 564 g/mol. The van der Waals surface area contributed by atoms with Gasteiger partial charge in [0.15, 0.2) is 11.6 Å². The van der Waals surface area contributed by atoms with Gasteiger partial charge in [0, 0.05) is 45.8 Å². The molecule has 12 heteroatoms. The highest BCUT2D eigenvalue weighted by Gasteiger charge is 2.44. The molecule has 0 bridgehead atoms. The van der Waals surface area contributed by atoms with Gasteiger partial charge in [-0.3, -0.25) is 39.8 Å². The molecule has 0 atom stereocenters. The lowest BCUT2D eigenvalue weighted by Gasteiger charge is -2.47. The number of nitriles is 2. The fourth-order valence-corrected chi connectivity index (χ4v) is 6.31. The Bertz CT molecular complexity index is 1790. The van der Waals surface area contributed by atoms with Crippen molar-refractivity contribution in [3.05, 3.63) is 125 Å². The first-order chi connectivity index (χ1) is 20.8. The average Bonchev–Trinajstić information content (AvgIpc) is 2.97. The highest BCUT2D eigenvalue weighted by Crippen LogP contribution is 2.50. The summed E-state index contributed by atoms with van der Waals surface area (Å²) in [6, 6.07) is 16.1. The predicted molar refractivity (Wildman–Crippen MR) is 159 cm³/mol. The Morgan fingerprint density at radius 2 is 1.00 bits per heavy atom. The number of Topliss-reactive ketones (excluding diaryl/α,β-unsaturated/α-hetero) is 2. The minimum absolute atomic E-state index is 0.0663. The van der Waals surface area contributed by atoms with Crippen LogP contribution in [0.3, 0.4) is 0 Å². The van der Waals surface area contributed by atoms with E-state index in [0.717, 1.165) is 0 Å². The smallest absolute Gasteiger partial charge is 0.273 e. The number of para-hydroxylation sites is 2. The SMILES string of the molecule is CC(=O)C1=C(C)N(N2C(C)=C(C#N)C(c3ccccc3[N+](=O)[O-])C(C#N)=C2C)C(C)=C(C(C)=O)C1c1ccccc1[N+](=O)[O-]. The van der Waals surface area contributed by atoms with Crippen LogP contribution in [0.5, 0.6) is 0 Å². The normalized spacial score (nSPS) is 16.3. The first-order valence-corrected chi connectivity index (χ1v) is 13.5. The van der Waals surface area contributed by atoms with Crippen molar-refractivity contribution in [2.24, 2.45) is 0 Å². The first kappa shape index (κ1) is 31.1. The number of ketones is 2. The molecule has 0 amide bonds. The van der Waals surface area contributed by atoms with E-state index in [-0.39, 0.29) is 44.8 Å². The summed E-state index contributed by atoms with van der Waals surface area (Å²) in [5.74, 6) is -2.95. The summed E-state index contributed by atoms with van der Waals surface area (Å²) < 4.78 is 0. The van der Waals surface area contributed by atoms with Crippen LogP contribution in [0.25, 0.3) is 0 Å². The molecule has 0 saturated heterocycles. The van der Waals surface area contributed by atoms with Gasteiger partial charge in [-0.2, -0.15) is 10.5 Å². The Labute approximate surface area is 253 Å². The lowest BCUT2D eigenvalue weighted by Crippen LogP contribution is -2.45. The number of carbonyl (C=O) groups excluding carboxylic acids is 2. The molecule has 0 aromatic heterocycles. The number of hydrogen-bond donors (Lipinski definition) is 0. The van der Waals surface area contributed by atoms with Gasteiger partial charge in [-0.05, 0) is 41.5 Å². The minimum atomic E-state index is -1.05. The molecule has 12 nitrogen and oxygen atoms in total. The number of nitrogens with zero attached hydrogens (tertiary/aromatic N) is 6. The number of rotatable bonds is 7. The van der Waals surface area contributed by atoms with Gasteiger partial charge in [-0.15, -0.1) is 0 Å². The third-order valence-corrected chi connectivity index (χ3v) is 8.07. The van der Waals surface area contributed by atoms with Crippen molar-refractivity contribution in [3.63, 3.8) is 0 Å². The maximum atomic E-state index is 13.3. The second kappa shape index (κ2) is 11.8. The Balaban J connectivity index is 2.06. The topological polar surface area (TPSA) is 174 Å². The fraction of sp³-hybridized carbons (Fsp3) is 0.250. The van der Waals surface area contributed by atoms with Crippen LogP contribution >= 0.6 is 0 Å². The molecule has 0 N–H and O–H groups in total. The van der Waals surface area contributed by atoms with Crippen molar-refractivity contribution in [2.75, 3.05) is 0 Å². The third-order valence-electron chi connectivity index (χ3n) is 8.07. The van der Waals surface area contributed by atoms with Crippen LogP contribution in [-0.4, -0.2) is 31.4 Å². The van der Waals surface area contributed by atoms with Gasteiger partial charge >= 0.3 is 0 Å². The zero-order valence-corrected chi connectivity index (χ0v) is 24.9. The molecule has 2 aliphatic rings. The van der Waals surface area contributed by atoms with Crippen molar-refractivity contribution >= 4 is 22.9 Å². The lowest BCUT2D eigenvalue weighted by molar-refractivity contribution is -0.385. The lowest BCUT2D eigenvalue weighted by atomic mass is 9.76. The van der Waals surface area contributed by atoms with Gasteiger partial charge in [-0.1, -0.05) is 36.4 Å². The Morgan fingerprint density at radius 1 is 0.659 bits per heavy atom. The maximum absolute atomic E-state index is 13.3. The zero-order valence-electron chi connectivity index (χ0n) is 24.9. The number of allylic oxidation sites excluding steroid dienone is 8. The van der Waals surface area contributed by atoms with Crippen LogP contribution in [0.2, 0.25) is 0 Å². The number of nitro benzene ring substituents is 2. The second-order valence-corrected chi connectivity index (χ2v) is 10.5. The van der Waals surface area contributed by atoms with Crippen molar-refractivity contribution in [2.45, 2.75) is 53.4 Å². The van der Waals surface area contributed by atoms with Crippen LogP contribution in [-0.2, 0) is 9.59 Å². The molecule has 0 saturated carbocycles. The predicted octanol–water partition coefficient (Wildman–Crippen LogP) is 6.24. The molecule has 2 aromatic rings. The minimum Gasteiger partial charge on any atom is -0.295 e. The van der Waals surface area contributed by atoms with Crippen LogP contribution in [0.1, 0.15) is 64.5 Å². The Kier molecular flexibility index (Phi) is 8.32. The Hall–Kier alpha value is -5.88. The van der Waals surface area contributed by atoms with E-state index in [1.807, 2.05) is 0 Å². The van der Waals surface area contributed by atoms with Gasteiger partial charge in [0.1, 0.15) is 0 Å². The van der Waals surface area contributed by atoms with Crippen molar-refractivity contribution < 1.29 is 19.4 Å². The molecule has 2 aliphatic heterocycles. The first-order valence-electron chi connectivity index (χ1n) is 13.5. The van der Waals surface area contributed by atoms with Crippen LogP contribution < -0.4 is 0 Å². The third kappa shape index (κ3) is 4.82. The monoisotopic (exact) mass is 592 g/mol. The standard InChI is InChI=1S/C32H28N6O6/c1-17-25(15-33)31(23-11-7-9-13-27(23)37(41)42)26(16-34)18(2)35(17)36-19(3)29(21(5)39)32(30(20(36)4)22(6)40)24-12-8-10-14-28(24)38(43)44/h7-14,31-32H,1-6H3. The summed E-state index contributed by atoms with van der Waals surface area (Å²) in [5, 5.41) is 47.8. The van der Waals surface area contributed by atoms with E-state index in [4.69, 9.17) is 0 Å². The number of hydrazine groups is 1. The van der Waals surface area contributed by atoms with E-state index < -0.39 is 33.2 Å². The zero-order chi connectivity index (χ0) is 32.6. The highest BCUT2D eigenvalue weighted by atomic mass is 16.6. The van der Waals surface area contributed by atoms with E-state index in [1.165, 1.54) is 50.2 Å². The molecule has 0 radical (unpaired) electrons. The van der Waals surface area contributed by atoms with Gasteiger partial charge in [0.2, 0.25) is 0 Å². The van der Waals surface area contributed by atoms with E-state index in [2.05, 4.69) is 12.1 Å². The molecule has 0 fully saturated rings. The largest absolute Gasteiger partial charge is 0.295 e. The number of hydrogen-bond acceptors (Lipinski definition) is 10. The maximum Gasteiger partial charge on any atom is 0.273 e. The molecule has 2 heterocycles. The van der Waals surface area contributed by atoms with Gasteiger partial charge < -0.3 is 0 Å². The number of carbonyl (C=O) groups is 2. The molecule has 0 unspecified atom stereocenters. The molecule has 4 rings (SSSR count). The number of benzene rings is 2. The summed E-state index contributed by atoms with van der Waals surface area (Å²) in [4.78, 5) is 49.4. The molecule has 0 aliphatic carbocycles. The van der Waals surface area contributed by atoms with Crippen LogP contribution in [0.15, 0.2) is 93.6 Å². The summed E-state index contributed by atoms with van der Waals surface area (Å²) >= 11 is 0. The van der Waals surface area contributed by atoms with E-state index in [0.29, 0.717) is 22.8 Å². The summed E-state index contributed by atoms with van der Waals surface area (Å²) in [6.45, 7) is 9.12. The van der Waals surface area contributed by atoms with Crippen molar-refractivity contribution in [3.8, 4) is 12.1 Å². The quantitative estimate of drug-likeness (QED) is 0.264. The summed E-state index contributed by atoms with van der Waals surface area (Å²) in [5.41, 5.74) is 1.56. The number of nitro groups is 2. The van der Waals surface area contributed by atoms with Gasteiger partial charge in [0.25, 0.3) is 11.4 Å². The summed E-state index contributed by atoms with van der Waals surface area (Å²) in [7, 11) is 0. The fourth-order valence-electron chi connectivity index (χ4n) is 6.31. The van der Waals surface area contributed by atoms with E-state index in [9.17, 15) is 40.3 Å².